The Morgan fingerprint density at radius 2 is 1.95 bits per heavy atom. The van der Waals surface area contributed by atoms with Crippen molar-refractivity contribution in [2.45, 2.75) is 6.54 Å². The third kappa shape index (κ3) is 2.18. The first-order valence-electron chi connectivity index (χ1n) is 6.18. The van der Waals surface area contributed by atoms with Crippen LogP contribution in [-0.4, -0.2) is 16.7 Å². The largest absolute Gasteiger partial charge is 0.497 e. The molecule has 20 heavy (non-hydrogen) atoms. The number of methoxy groups -OCH3 is 1. The predicted octanol–water partition coefficient (Wildman–Crippen LogP) is 2.53. The summed E-state index contributed by atoms with van der Waals surface area (Å²) in [5, 5.41) is 0. The molecule has 3 rings (SSSR count). The van der Waals surface area contributed by atoms with Crippen LogP contribution >= 0.6 is 0 Å². The number of H-pyrrole nitrogens is 1. The van der Waals surface area contributed by atoms with Gasteiger partial charge in [-0.3, -0.25) is 4.57 Å². The number of benzene rings is 2. The van der Waals surface area contributed by atoms with Crippen molar-refractivity contribution in [3.8, 4) is 5.75 Å². The van der Waals surface area contributed by atoms with Gasteiger partial charge in [-0.2, -0.15) is 0 Å². The zero-order chi connectivity index (χ0) is 14.1. The lowest BCUT2D eigenvalue weighted by atomic mass is 10.2. The molecule has 0 bridgehead atoms. The van der Waals surface area contributed by atoms with Gasteiger partial charge < -0.3 is 9.72 Å². The van der Waals surface area contributed by atoms with Crippen LogP contribution in [0.25, 0.3) is 11.0 Å². The summed E-state index contributed by atoms with van der Waals surface area (Å²) in [7, 11) is 1.58. The summed E-state index contributed by atoms with van der Waals surface area (Å²) in [6.45, 7) is 0.381. The zero-order valence-corrected chi connectivity index (χ0v) is 10.9. The zero-order valence-electron chi connectivity index (χ0n) is 10.9. The van der Waals surface area contributed by atoms with Crippen LogP contribution in [0.15, 0.2) is 47.3 Å². The van der Waals surface area contributed by atoms with Gasteiger partial charge in [0.2, 0.25) is 0 Å². The highest BCUT2D eigenvalue weighted by Crippen LogP contribution is 2.19. The Balaban J connectivity index is 2.08. The smallest absolute Gasteiger partial charge is 0.326 e. The Morgan fingerprint density at radius 1 is 1.20 bits per heavy atom. The van der Waals surface area contributed by atoms with E-state index >= 15 is 0 Å². The molecule has 0 aliphatic carbocycles. The van der Waals surface area contributed by atoms with Crippen LogP contribution in [0.1, 0.15) is 5.56 Å². The third-order valence-electron chi connectivity index (χ3n) is 3.24. The highest BCUT2D eigenvalue weighted by atomic mass is 19.1. The fourth-order valence-corrected chi connectivity index (χ4v) is 2.19. The van der Waals surface area contributed by atoms with Crippen LogP contribution in [0.3, 0.4) is 0 Å². The van der Waals surface area contributed by atoms with E-state index in [1.54, 1.807) is 42.0 Å². The SMILES string of the molecule is COc1ccc2[nH]c(=O)n(Cc3ccc(F)cc3)c2c1. The van der Waals surface area contributed by atoms with Crippen LogP contribution in [0, 0.1) is 5.82 Å². The van der Waals surface area contributed by atoms with Crippen molar-refractivity contribution in [3.05, 3.63) is 64.3 Å². The first-order chi connectivity index (χ1) is 9.67. The lowest BCUT2D eigenvalue weighted by Crippen LogP contribution is -2.17. The van der Waals surface area contributed by atoms with Gasteiger partial charge in [0.05, 0.1) is 24.7 Å². The minimum atomic E-state index is -0.290. The Morgan fingerprint density at radius 3 is 2.65 bits per heavy atom. The van der Waals surface area contributed by atoms with Crippen molar-refractivity contribution in [1.29, 1.82) is 0 Å². The molecule has 3 aromatic rings. The van der Waals surface area contributed by atoms with Gasteiger partial charge in [0.15, 0.2) is 0 Å². The normalized spacial score (nSPS) is 10.9. The lowest BCUT2D eigenvalue weighted by Gasteiger charge is -2.05. The summed E-state index contributed by atoms with van der Waals surface area (Å²) in [5.41, 5.74) is 2.17. The molecule has 2 aromatic carbocycles. The van der Waals surface area contributed by atoms with Gasteiger partial charge >= 0.3 is 5.69 Å². The van der Waals surface area contributed by atoms with E-state index in [1.165, 1.54) is 12.1 Å². The van der Waals surface area contributed by atoms with Crippen molar-refractivity contribution < 1.29 is 9.13 Å². The quantitative estimate of drug-likeness (QED) is 0.796. The summed E-state index contributed by atoms with van der Waals surface area (Å²) in [6.07, 6.45) is 0. The molecule has 0 aliphatic rings. The molecule has 0 spiro atoms. The van der Waals surface area contributed by atoms with Crippen molar-refractivity contribution >= 4 is 11.0 Å². The van der Waals surface area contributed by atoms with Crippen molar-refractivity contribution in [2.75, 3.05) is 7.11 Å². The molecule has 4 nitrogen and oxygen atoms in total. The molecule has 0 radical (unpaired) electrons. The molecule has 5 heteroatoms. The van der Waals surface area contributed by atoms with Gasteiger partial charge in [0.1, 0.15) is 11.6 Å². The number of hydrogen-bond donors (Lipinski definition) is 1. The van der Waals surface area contributed by atoms with Gasteiger partial charge in [-0.1, -0.05) is 12.1 Å². The van der Waals surface area contributed by atoms with Crippen molar-refractivity contribution in [3.63, 3.8) is 0 Å². The van der Waals surface area contributed by atoms with Crippen molar-refractivity contribution in [1.82, 2.24) is 9.55 Å². The van der Waals surface area contributed by atoms with E-state index in [9.17, 15) is 9.18 Å². The molecule has 102 valence electrons. The monoisotopic (exact) mass is 272 g/mol. The molecule has 0 aliphatic heterocycles. The highest BCUT2D eigenvalue weighted by molar-refractivity contribution is 5.77. The maximum absolute atomic E-state index is 12.9. The number of halogens is 1. The number of ether oxygens (including phenoxy) is 1. The Bertz CT molecular complexity index is 803. The average Bonchev–Trinajstić information content (AvgIpc) is 2.77. The van der Waals surface area contributed by atoms with E-state index in [4.69, 9.17) is 4.74 Å². The number of aromatic nitrogens is 2. The predicted molar refractivity (Wildman–Crippen MR) is 74.6 cm³/mol. The van der Waals surface area contributed by atoms with E-state index in [-0.39, 0.29) is 11.5 Å². The molecular weight excluding hydrogens is 259 g/mol. The number of nitrogens with one attached hydrogen (secondary N) is 1. The van der Waals surface area contributed by atoms with Gasteiger partial charge in [0, 0.05) is 6.07 Å². The molecule has 0 saturated carbocycles. The second kappa shape index (κ2) is 4.85. The van der Waals surface area contributed by atoms with E-state index in [1.807, 2.05) is 0 Å². The number of hydrogen-bond acceptors (Lipinski definition) is 2. The van der Waals surface area contributed by atoms with E-state index < -0.39 is 0 Å². The first kappa shape index (κ1) is 12.5. The Labute approximate surface area is 114 Å². The van der Waals surface area contributed by atoms with Gasteiger partial charge in [-0.05, 0) is 29.8 Å². The molecule has 0 fully saturated rings. The molecule has 0 saturated heterocycles. The molecular formula is C15H13FN2O2. The summed E-state index contributed by atoms with van der Waals surface area (Å²) >= 11 is 0. The molecule has 1 aromatic heterocycles. The fourth-order valence-electron chi connectivity index (χ4n) is 2.19. The average molecular weight is 272 g/mol. The topological polar surface area (TPSA) is 47.0 Å². The first-order valence-corrected chi connectivity index (χ1v) is 6.18. The van der Waals surface area contributed by atoms with Gasteiger partial charge in [0.25, 0.3) is 0 Å². The second-order valence-corrected chi connectivity index (χ2v) is 4.53. The molecule has 0 amide bonds. The number of fused-ring (bicyclic) bond motifs is 1. The van der Waals surface area contributed by atoms with Gasteiger partial charge in [-0.15, -0.1) is 0 Å². The summed E-state index contributed by atoms with van der Waals surface area (Å²) < 4.78 is 19.7. The lowest BCUT2D eigenvalue weighted by molar-refractivity contribution is 0.415. The fraction of sp³-hybridized carbons (Fsp3) is 0.133. The minimum Gasteiger partial charge on any atom is -0.497 e. The Kier molecular flexibility index (Phi) is 3.02. The summed E-state index contributed by atoms with van der Waals surface area (Å²) in [4.78, 5) is 14.8. The maximum atomic E-state index is 12.9. The number of rotatable bonds is 3. The third-order valence-corrected chi connectivity index (χ3v) is 3.24. The van der Waals surface area contributed by atoms with Crippen LogP contribution in [-0.2, 0) is 6.54 Å². The van der Waals surface area contributed by atoms with E-state index in [0.29, 0.717) is 12.3 Å². The van der Waals surface area contributed by atoms with Crippen LogP contribution in [0.2, 0.25) is 0 Å². The summed E-state index contributed by atoms with van der Waals surface area (Å²) in [6, 6.07) is 11.5. The van der Waals surface area contributed by atoms with Crippen LogP contribution in [0.5, 0.6) is 5.75 Å². The number of nitrogens with zero attached hydrogens (tertiary/aromatic N) is 1. The van der Waals surface area contributed by atoms with Crippen LogP contribution in [0.4, 0.5) is 4.39 Å². The second-order valence-electron chi connectivity index (χ2n) is 4.53. The van der Waals surface area contributed by atoms with Crippen LogP contribution < -0.4 is 10.4 Å². The number of aromatic amines is 1. The highest BCUT2D eigenvalue weighted by Gasteiger charge is 2.08. The molecule has 1 heterocycles. The number of imidazole rings is 1. The minimum absolute atomic E-state index is 0.197. The van der Waals surface area contributed by atoms with Gasteiger partial charge in [-0.25, -0.2) is 9.18 Å². The standard InChI is InChI=1S/C15H13FN2O2/c1-20-12-6-7-13-14(8-12)18(15(19)17-13)9-10-2-4-11(16)5-3-10/h2-8H,9H2,1H3,(H,17,19). The Hall–Kier alpha value is -2.56. The molecule has 0 unspecified atom stereocenters. The van der Waals surface area contributed by atoms with E-state index in [2.05, 4.69) is 4.98 Å². The maximum Gasteiger partial charge on any atom is 0.326 e. The molecule has 0 atom stereocenters. The molecule has 1 N–H and O–H groups in total. The van der Waals surface area contributed by atoms with Crippen molar-refractivity contribution in [2.24, 2.45) is 0 Å². The van der Waals surface area contributed by atoms with E-state index in [0.717, 1.165) is 16.6 Å². The summed E-state index contributed by atoms with van der Waals surface area (Å²) in [5.74, 6) is 0.394.